The molecular weight excluding hydrogens is 480 g/mol. The zero-order chi connectivity index (χ0) is 26.2. The molecule has 10 heteroatoms. The number of fused-ring (bicyclic) bond motifs is 1. The zero-order valence-corrected chi connectivity index (χ0v) is 22.2. The van der Waals surface area contributed by atoms with E-state index in [1.807, 2.05) is 50.8 Å². The van der Waals surface area contributed by atoms with Crippen molar-refractivity contribution in [2.24, 2.45) is 7.05 Å². The predicted molar refractivity (Wildman–Crippen MR) is 146 cm³/mol. The molecule has 4 aromatic heterocycles. The number of aromatic nitrogens is 5. The number of likely N-dealkylation sites (tertiary alicyclic amines) is 1. The van der Waals surface area contributed by atoms with E-state index in [2.05, 4.69) is 46.4 Å². The van der Waals surface area contributed by atoms with E-state index in [-0.39, 0.29) is 12.1 Å². The van der Waals surface area contributed by atoms with Crippen molar-refractivity contribution in [1.29, 1.82) is 0 Å². The smallest absolute Gasteiger partial charge is 0.320 e. The topological polar surface area (TPSA) is 84.0 Å². The number of hydrogen-bond donors (Lipinski definition) is 0. The Morgan fingerprint density at radius 3 is 2.47 bits per heavy atom. The van der Waals surface area contributed by atoms with Crippen molar-refractivity contribution >= 4 is 17.4 Å². The fourth-order valence-electron chi connectivity index (χ4n) is 5.55. The van der Waals surface area contributed by atoms with E-state index in [4.69, 9.17) is 9.72 Å². The highest BCUT2D eigenvalue weighted by molar-refractivity contribution is 5.86. The summed E-state index contributed by atoms with van der Waals surface area (Å²) < 4.78 is 9.20. The lowest BCUT2D eigenvalue weighted by Crippen LogP contribution is -2.52. The van der Waals surface area contributed by atoms with Crippen LogP contribution in [0.3, 0.4) is 0 Å². The van der Waals surface area contributed by atoms with Crippen molar-refractivity contribution < 1.29 is 9.53 Å². The standard InChI is InChI=1S/C28H34N8O2/c1-4-20-15-31-36-18-22(23-16-30-32(2)17-23)13-25(27(20)36)21-5-6-26(29-14-21)33-9-11-34(12-10-33)28(37)35-8-7-24(19-35)38-3/h5-6,13-18,24H,4,7-12,19H2,1-3H3/t24-/m0/s1. The van der Waals surface area contributed by atoms with Crippen LogP contribution in [-0.2, 0) is 18.2 Å². The van der Waals surface area contributed by atoms with E-state index in [1.54, 1.807) is 7.11 Å². The normalized spacial score (nSPS) is 18.1. The molecule has 2 saturated heterocycles. The van der Waals surface area contributed by atoms with Crippen LogP contribution in [0, 0.1) is 0 Å². The number of pyridine rings is 2. The van der Waals surface area contributed by atoms with Crippen LogP contribution < -0.4 is 4.90 Å². The first kappa shape index (κ1) is 24.4. The Hall–Kier alpha value is -3.92. The molecule has 38 heavy (non-hydrogen) atoms. The number of piperazine rings is 1. The molecule has 2 amide bonds. The van der Waals surface area contributed by atoms with Gasteiger partial charge in [0.25, 0.3) is 0 Å². The molecule has 0 N–H and O–H groups in total. The first-order valence-electron chi connectivity index (χ1n) is 13.3. The minimum absolute atomic E-state index is 0.123. The first-order valence-corrected chi connectivity index (χ1v) is 13.3. The van der Waals surface area contributed by atoms with Crippen molar-refractivity contribution in [1.82, 2.24) is 34.2 Å². The van der Waals surface area contributed by atoms with Gasteiger partial charge in [-0.3, -0.25) is 4.68 Å². The van der Waals surface area contributed by atoms with Crippen molar-refractivity contribution in [2.45, 2.75) is 25.9 Å². The Bertz CT molecular complexity index is 1440. The van der Waals surface area contributed by atoms with E-state index in [1.165, 1.54) is 5.56 Å². The molecule has 198 valence electrons. The van der Waals surface area contributed by atoms with Gasteiger partial charge in [-0.2, -0.15) is 10.2 Å². The molecule has 6 heterocycles. The highest BCUT2D eigenvalue weighted by Crippen LogP contribution is 2.32. The maximum atomic E-state index is 12.9. The first-order chi connectivity index (χ1) is 18.5. The zero-order valence-electron chi connectivity index (χ0n) is 22.2. The summed E-state index contributed by atoms with van der Waals surface area (Å²) in [6.45, 7) is 6.53. The number of carbonyl (C=O) groups is 1. The Balaban J connectivity index is 1.20. The van der Waals surface area contributed by atoms with Gasteiger partial charge in [-0.25, -0.2) is 14.3 Å². The van der Waals surface area contributed by atoms with Crippen molar-refractivity contribution in [3.05, 3.63) is 54.7 Å². The molecular formula is C28H34N8O2. The molecule has 2 fully saturated rings. The third kappa shape index (κ3) is 4.49. The SMILES string of the molecule is CCc1cnn2cc(-c3cnn(C)c3)cc(-c3ccc(N4CCN(C(=O)N5CC[C@H](OC)C5)CC4)nc3)c12. The average molecular weight is 515 g/mol. The molecule has 0 spiro atoms. The molecule has 2 aliphatic heterocycles. The fourth-order valence-corrected chi connectivity index (χ4v) is 5.55. The molecule has 0 bridgehead atoms. The number of nitrogens with zero attached hydrogens (tertiary/aromatic N) is 8. The van der Waals surface area contributed by atoms with E-state index in [0.29, 0.717) is 19.6 Å². The van der Waals surface area contributed by atoms with Crippen molar-refractivity contribution in [3.8, 4) is 22.3 Å². The predicted octanol–water partition coefficient (Wildman–Crippen LogP) is 3.32. The molecule has 2 aliphatic rings. The minimum Gasteiger partial charge on any atom is -0.380 e. The van der Waals surface area contributed by atoms with Gasteiger partial charge >= 0.3 is 6.03 Å². The Kier molecular flexibility index (Phi) is 6.49. The Morgan fingerprint density at radius 2 is 1.82 bits per heavy atom. The Morgan fingerprint density at radius 1 is 0.974 bits per heavy atom. The summed E-state index contributed by atoms with van der Waals surface area (Å²) in [6, 6.07) is 6.56. The van der Waals surface area contributed by atoms with Crippen LogP contribution in [0.4, 0.5) is 10.6 Å². The molecule has 1 atom stereocenters. The molecule has 0 saturated carbocycles. The van der Waals surface area contributed by atoms with Gasteiger partial charge in [0.15, 0.2) is 0 Å². The number of carbonyl (C=O) groups excluding carboxylic acids is 1. The molecule has 0 aliphatic carbocycles. The monoisotopic (exact) mass is 514 g/mol. The maximum absolute atomic E-state index is 12.9. The van der Waals surface area contributed by atoms with Gasteiger partial charge in [0.1, 0.15) is 5.82 Å². The number of methoxy groups -OCH3 is 1. The third-order valence-electron chi connectivity index (χ3n) is 7.79. The number of rotatable bonds is 5. The van der Waals surface area contributed by atoms with Crippen LogP contribution in [0.2, 0.25) is 0 Å². The molecule has 10 nitrogen and oxygen atoms in total. The van der Waals surface area contributed by atoms with Crippen LogP contribution in [-0.4, -0.2) is 92.7 Å². The summed E-state index contributed by atoms with van der Waals surface area (Å²) in [5, 5.41) is 8.98. The van der Waals surface area contributed by atoms with Gasteiger partial charge in [0.2, 0.25) is 0 Å². The highest BCUT2D eigenvalue weighted by Gasteiger charge is 2.31. The van der Waals surface area contributed by atoms with E-state index in [0.717, 1.165) is 66.1 Å². The van der Waals surface area contributed by atoms with Crippen molar-refractivity contribution in [2.75, 3.05) is 51.3 Å². The number of aryl methyl sites for hydroxylation is 2. The second-order valence-electron chi connectivity index (χ2n) is 10.1. The lowest BCUT2D eigenvalue weighted by molar-refractivity contribution is 0.105. The number of ether oxygens (including phenoxy) is 1. The number of amides is 2. The van der Waals surface area contributed by atoms with E-state index < -0.39 is 0 Å². The summed E-state index contributed by atoms with van der Waals surface area (Å²) in [6.07, 6.45) is 11.8. The van der Waals surface area contributed by atoms with Gasteiger partial charge < -0.3 is 19.4 Å². The number of urea groups is 1. The van der Waals surface area contributed by atoms with Crippen LogP contribution in [0.1, 0.15) is 18.9 Å². The summed E-state index contributed by atoms with van der Waals surface area (Å²) in [7, 11) is 3.64. The van der Waals surface area contributed by atoms with Gasteiger partial charge in [-0.1, -0.05) is 6.92 Å². The van der Waals surface area contributed by atoms with Crippen LogP contribution >= 0.6 is 0 Å². The average Bonchev–Trinajstić information content (AvgIpc) is 3.72. The summed E-state index contributed by atoms with van der Waals surface area (Å²) in [5.74, 6) is 0.935. The van der Waals surface area contributed by atoms with Crippen LogP contribution in [0.25, 0.3) is 27.8 Å². The second kappa shape index (κ2) is 10.1. The minimum atomic E-state index is 0.123. The van der Waals surface area contributed by atoms with Crippen LogP contribution in [0.5, 0.6) is 0 Å². The van der Waals surface area contributed by atoms with Gasteiger partial charge in [-0.05, 0) is 36.6 Å². The fraction of sp³-hybridized carbons (Fsp3) is 0.429. The Labute approximate surface area is 222 Å². The molecule has 0 aromatic carbocycles. The third-order valence-corrected chi connectivity index (χ3v) is 7.79. The number of anilines is 1. The van der Waals surface area contributed by atoms with Crippen molar-refractivity contribution in [3.63, 3.8) is 0 Å². The lowest BCUT2D eigenvalue weighted by Gasteiger charge is -2.37. The largest absolute Gasteiger partial charge is 0.380 e. The quantitative estimate of drug-likeness (QED) is 0.406. The maximum Gasteiger partial charge on any atom is 0.320 e. The summed E-state index contributed by atoms with van der Waals surface area (Å²) in [5.41, 5.74) is 6.58. The molecule has 0 unspecified atom stereocenters. The highest BCUT2D eigenvalue weighted by atomic mass is 16.5. The summed E-state index contributed by atoms with van der Waals surface area (Å²) >= 11 is 0. The molecule has 4 aromatic rings. The molecule has 6 rings (SSSR count). The lowest BCUT2D eigenvalue weighted by atomic mass is 10.0. The second-order valence-corrected chi connectivity index (χ2v) is 10.1. The van der Waals surface area contributed by atoms with Gasteiger partial charge in [0, 0.05) is 94.3 Å². The summed E-state index contributed by atoms with van der Waals surface area (Å²) in [4.78, 5) is 23.9. The van der Waals surface area contributed by atoms with E-state index >= 15 is 0 Å². The molecule has 0 radical (unpaired) electrons. The number of hydrogen-bond acceptors (Lipinski definition) is 6. The van der Waals surface area contributed by atoms with E-state index in [9.17, 15) is 4.79 Å². The van der Waals surface area contributed by atoms with Gasteiger partial charge in [0.05, 0.1) is 24.0 Å². The van der Waals surface area contributed by atoms with Crippen LogP contribution in [0.15, 0.2) is 49.2 Å². The van der Waals surface area contributed by atoms with Gasteiger partial charge in [-0.15, -0.1) is 0 Å².